The van der Waals surface area contributed by atoms with Crippen LogP contribution in [0.25, 0.3) is 0 Å². The molecule has 0 fully saturated rings. The molecule has 1 aromatic heterocycles. The second-order valence-corrected chi connectivity index (χ2v) is 10.4. The van der Waals surface area contributed by atoms with Crippen molar-refractivity contribution in [2.75, 3.05) is 18.2 Å². The first-order chi connectivity index (χ1) is 19.2. The molecule has 4 rings (SSSR count). The number of nitrogens with zero attached hydrogens (tertiary/aromatic N) is 3. The highest BCUT2D eigenvalue weighted by molar-refractivity contribution is 7.99. The number of halogens is 2. The summed E-state index contributed by atoms with van der Waals surface area (Å²) in [6.07, 6.45) is 0. The van der Waals surface area contributed by atoms with Crippen LogP contribution in [-0.4, -0.2) is 39.5 Å². The van der Waals surface area contributed by atoms with Crippen molar-refractivity contribution in [3.63, 3.8) is 0 Å². The summed E-state index contributed by atoms with van der Waals surface area (Å²) in [6, 6.07) is 20.4. The summed E-state index contributed by atoms with van der Waals surface area (Å²) in [6.45, 7) is 3.57. The number of aromatic nitrogens is 2. The minimum Gasteiger partial charge on any atom is -0.497 e. The van der Waals surface area contributed by atoms with Crippen molar-refractivity contribution in [2.24, 2.45) is 0 Å². The van der Waals surface area contributed by atoms with Gasteiger partial charge in [-0.2, -0.15) is 0 Å². The van der Waals surface area contributed by atoms with Gasteiger partial charge in [0.15, 0.2) is 5.16 Å². The van der Waals surface area contributed by atoms with Crippen LogP contribution in [-0.2, 0) is 16.1 Å². The number of amides is 2. The van der Waals surface area contributed by atoms with E-state index in [0.29, 0.717) is 27.2 Å². The van der Waals surface area contributed by atoms with E-state index in [0.717, 1.165) is 23.1 Å². The molecule has 1 heterocycles. The number of carbonyl (C=O) groups excluding carboxylic acids is 2. The summed E-state index contributed by atoms with van der Waals surface area (Å²) in [5, 5.41) is 3.81. The number of rotatable bonds is 10. The van der Waals surface area contributed by atoms with E-state index in [2.05, 4.69) is 15.3 Å². The van der Waals surface area contributed by atoms with Crippen LogP contribution in [0, 0.1) is 19.7 Å². The maximum absolute atomic E-state index is 14.8. The molecule has 1 N–H and O–H groups in total. The molecule has 0 saturated carbocycles. The first kappa shape index (κ1) is 29.0. The monoisotopic (exact) mass is 578 g/mol. The van der Waals surface area contributed by atoms with Gasteiger partial charge in [-0.25, -0.2) is 14.4 Å². The highest BCUT2D eigenvalue weighted by atomic mass is 35.5. The molecule has 2 amide bonds. The highest BCUT2D eigenvalue weighted by Crippen LogP contribution is 2.29. The lowest BCUT2D eigenvalue weighted by Crippen LogP contribution is -2.42. The maximum atomic E-state index is 14.8. The van der Waals surface area contributed by atoms with E-state index in [-0.39, 0.29) is 23.8 Å². The predicted molar refractivity (Wildman–Crippen MR) is 155 cm³/mol. The van der Waals surface area contributed by atoms with Gasteiger partial charge < -0.3 is 15.0 Å². The Morgan fingerprint density at radius 3 is 2.27 bits per heavy atom. The fraction of sp³-hybridized carbons (Fsp3) is 0.200. The molecule has 0 radical (unpaired) electrons. The predicted octanol–water partition coefficient (Wildman–Crippen LogP) is 6.40. The standard InChI is InChI=1S/C30H28ClFN4O3S/c1-19-16-20(2)34-30(33-19)40-18-27(37)36(17-22-6-4-5-7-26(22)32)28(21-8-10-23(31)11-9-21)29(38)35-24-12-14-25(39-3)15-13-24/h4-16,28H,17-18H2,1-3H3,(H,35,38)/t28-/m1/s1. The Balaban J connectivity index is 1.70. The fourth-order valence-corrected chi connectivity index (χ4v) is 5.07. The minimum absolute atomic E-state index is 0.0583. The second kappa shape index (κ2) is 13.4. The van der Waals surface area contributed by atoms with E-state index in [1.165, 1.54) is 11.0 Å². The molecule has 3 aromatic carbocycles. The molecular weight excluding hydrogens is 551 g/mol. The van der Waals surface area contributed by atoms with Crippen molar-refractivity contribution >= 4 is 40.9 Å². The Morgan fingerprint density at radius 2 is 1.65 bits per heavy atom. The lowest BCUT2D eigenvalue weighted by atomic mass is 10.0. The lowest BCUT2D eigenvalue weighted by molar-refractivity contribution is -0.137. The third-order valence-electron chi connectivity index (χ3n) is 6.01. The molecule has 0 bridgehead atoms. The first-order valence-electron chi connectivity index (χ1n) is 12.4. The Hall–Kier alpha value is -3.95. The molecular formula is C30H28ClFN4O3S. The van der Waals surface area contributed by atoms with Crippen LogP contribution in [0.1, 0.15) is 28.6 Å². The zero-order valence-corrected chi connectivity index (χ0v) is 23.8. The van der Waals surface area contributed by atoms with Crippen LogP contribution < -0.4 is 10.1 Å². The molecule has 10 heteroatoms. The van der Waals surface area contributed by atoms with Crippen molar-refractivity contribution in [1.82, 2.24) is 14.9 Å². The van der Waals surface area contributed by atoms with Gasteiger partial charge >= 0.3 is 0 Å². The van der Waals surface area contributed by atoms with E-state index in [1.54, 1.807) is 73.8 Å². The van der Waals surface area contributed by atoms with Gasteiger partial charge in [0.1, 0.15) is 17.6 Å². The molecule has 4 aromatic rings. The number of aryl methyl sites for hydroxylation is 2. The topological polar surface area (TPSA) is 84.4 Å². The smallest absolute Gasteiger partial charge is 0.251 e. The Kier molecular flexibility index (Phi) is 9.74. The SMILES string of the molecule is COc1ccc(NC(=O)[C@@H](c2ccc(Cl)cc2)N(Cc2ccccc2F)C(=O)CSc2nc(C)cc(C)n2)cc1. The van der Waals surface area contributed by atoms with Crippen LogP contribution in [0.3, 0.4) is 0 Å². The molecule has 1 atom stereocenters. The number of thioether (sulfide) groups is 1. The van der Waals surface area contributed by atoms with Gasteiger partial charge in [0, 0.05) is 34.2 Å². The number of benzene rings is 3. The average molecular weight is 579 g/mol. The van der Waals surface area contributed by atoms with E-state index in [9.17, 15) is 14.0 Å². The van der Waals surface area contributed by atoms with Crippen molar-refractivity contribution in [2.45, 2.75) is 31.6 Å². The minimum atomic E-state index is -1.09. The summed E-state index contributed by atoms with van der Waals surface area (Å²) >= 11 is 7.29. The van der Waals surface area contributed by atoms with Gasteiger partial charge in [0.25, 0.3) is 5.91 Å². The van der Waals surface area contributed by atoms with Gasteiger partial charge in [0.2, 0.25) is 5.91 Å². The van der Waals surface area contributed by atoms with Crippen molar-refractivity contribution in [3.05, 3.63) is 112 Å². The third kappa shape index (κ3) is 7.58. The van der Waals surface area contributed by atoms with Gasteiger partial charge in [-0.05, 0) is 67.9 Å². The summed E-state index contributed by atoms with van der Waals surface area (Å²) in [5.41, 5.74) is 2.88. The van der Waals surface area contributed by atoms with Crippen molar-refractivity contribution in [3.8, 4) is 5.75 Å². The number of ether oxygens (including phenoxy) is 1. The van der Waals surface area contributed by atoms with Crippen LogP contribution in [0.2, 0.25) is 5.02 Å². The molecule has 206 valence electrons. The van der Waals surface area contributed by atoms with Crippen LogP contribution in [0.4, 0.5) is 10.1 Å². The number of carbonyl (C=O) groups is 2. The van der Waals surface area contributed by atoms with Crippen LogP contribution in [0.5, 0.6) is 5.75 Å². The first-order valence-corrected chi connectivity index (χ1v) is 13.8. The summed E-state index contributed by atoms with van der Waals surface area (Å²) in [5.74, 6) is -0.757. The normalized spacial score (nSPS) is 11.5. The molecule has 40 heavy (non-hydrogen) atoms. The van der Waals surface area contributed by atoms with E-state index < -0.39 is 17.8 Å². The number of nitrogens with one attached hydrogen (secondary N) is 1. The molecule has 7 nitrogen and oxygen atoms in total. The Morgan fingerprint density at radius 1 is 1.00 bits per heavy atom. The molecule has 0 aliphatic heterocycles. The molecule has 0 aliphatic rings. The summed E-state index contributed by atoms with van der Waals surface area (Å²) < 4.78 is 20.0. The van der Waals surface area contributed by atoms with Gasteiger partial charge in [-0.1, -0.05) is 53.7 Å². The van der Waals surface area contributed by atoms with Crippen molar-refractivity contribution in [1.29, 1.82) is 0 Å². The van der Waals surface area contributed by atoms with Gasteiger partial charge in [-0.15, -0.1) is 0 Å². The van der Waals surface area contributed by atoms with Crippen molar-refractivity contribution < 1.29 is 18.7 Å². The average Bonchev–Trinajstić information content (AvgIpc) is 2.93. The largest absolute Gasteiger partial charge is 0.497 e. The van der Waals surface area contributed by atoms with E-state index in [1.807, 2.05) is 19.9 Å². The zero-order valence-electron chi connectivity index (χ0n) is 22.2. The highest BCUT2D eigenvalue weighted by Gasteiger charge is 2.32. The van der Waals surface area contributed by atoms with Crippen LogP contribution >= 0.6 is 23.4 Å². The van der Waals surface area contributed by atoms with E-state index in [4.69, 9.17) is 16.3 Å². The fourth-order valence-electron chi connectivity index (χ4n) is 4.10. The van der Waals surface area contributed by atoms with Gasteiger partial charge in [0.05, 0.1) is 12.9 Å². The zero-order chi connectivity index (χ0) is 28.6. The second-order valence-electron chi connectivity index (χ2n) is 9.01. The summed E-state index contributed by atoms with van der Waals surface area (Å²) in [4.78, 5) is 37.8. The van der Waals surface area contributed by atoms with E-state index >= 15 is 0 Å². The van der Waals surface area contributed by atoms with Crippen LogP contribution in [0.15, 0.2) is 84.0 Å². The number of hydrogen-bond acceptors (Lipinski definition) is 6. The number of hydrogen-bond donors (Lipinski definition) is 1. The quantitative estimate of drug-likeness (QED) is 0.173. The molecule has 0 spiro atoms. The molecule has 0 aliphatic carbocycles. The van der Waals surface area contributed by atoms with Gasteiger partial charge in [-0.3, -0.25) is 9.59 Å². The Bertz CT molecular complexity index is 1470. The molecule has 0 unspecified atom stereocenters. The lowest BCUT2D eigenvalue weighted by Gasteiger charge is -2.31. The number of anilines is 1. The maximum Gasteiger partial charge on any atom is 0.251 e. The molecule has 0 saturated heterocycles. The third-order valence-corrected chi connectivity index (χ3v) is 7.09. The summed E-state index contributed by atoms with van der Waals surface area (Å²) in [7, 11) is 1.55. The Labute approximate surface area is 241 Å². The number of methoxy groups -OCH3 is 1.